The highest BCUT2D eigenvalue weighted by atomic mass is 127. The zero-order chi connectivity index (χ0) is 33.2. The van der Waals surface area contributed by atoms with Crippen LogP contribution in [0.3, 0.4) is 0 Å². The summed E-state index contributed by atoms with van der Waals surface area (Å²) in [5.41, 5.74) is 1.47. The summed E-state index contributed by atoms with van der Waals surface area (Å²) < 4.78 is 10.8. The highest BCUT2D eigenvalue weighted by molar-refractivity contribution is 14.1. The number of hydrogen-bond donors (Lipinski definition) is 1. The molecule has 6 atom stereocenters. The van der Waals surface area contributed by atoms with Crippen LogP contribution < -0.4 is 4.74 Å². The number of nitrogens with zero attached hydrogens (tertiary/aromatic N) is 1. The summed E-state index contributed by atoms with van der Waals surface area (Å²) in [7, 11) is 2.55. The molecule has 1 saturated heterocycles. The first-order valence-corrected chi connectivity index (χ1v) is 16.4. The summed E-state index contributed by atoms with van der Waals surface area (Å²) >= 11 is 2.00. The van der Waals surface area contributed by atoms with Crippen LogP contribution in [0.1, 0.15) is 35.4 Å². The minimum Gasteiger partial charge on any atom is -0.504 e. The number of ether oxygens (including phenoxy) is 2. The van der Waals surface area contributed by atoms with Crippen molar-refractivity contribution in [2.45, 2.75) is 24.2 Å². The molecule has 3 aromatic carbocycles. The van der Waals surface area contributed by atoms with Gasteiger partial charge in [-0.3, -0.25) is 19.2 Å². The van der Waals surface area contributed by atoms with Crippen molar-refractivity contribution in [3.63, 3.8) is 0 Å². The van der Waals surface area contributed by atoms with Gasteiger partial charge in [0.1, 0.15) is 0 Å². The van der Waals surface area contributed by atoms with Crippen molar-refractivity contribution in [3.8, 4) is 11.5 Å². The van der Waals surface area contributed by atoms with Gasteiger partial charge in [-0.05, 0) is 76.2 Å². The van der Waals surface area contributed by atoms with Crippen molar-refractivity contribution in [1.29, 1.82) is 0 Å². The first kappa shape index (κ1) is 31.0. The number of benzene rings is 3. The second-order valence-corrected chi connectivity index (χ2v) is 13.5. The number of aromatic hydroxyl groups is 1. The lowest BCUT2D eigenvalue weighted by atomic mass is 9.44. The van der Waals surface area contributed by atoms with Gasteiger partial charge < -0.3 is 14.6 Å². The first-order chi connectivity index (χ1) is 22.6. The average Bonchev–Trinajstić information content (AvgIpc) is 3.35. The minimum atomic E-state index is -1.43. The fraction of sp³-hybridized carbons (Fsp3) is 0.270. The van der Waals surface area contributed by atoms with E-state index in [4.69, 9.17) is 9.47 Å². The lowest BCUT2D eigenvalue weighted by molar-refractivity contribution is -0.138. The summed E-state index contributed by atoms with van der Waals surface area (Å²) in [5, 5.41) is 10.8. The first-order valence-electron chi connectivity index (χ1n) is 15.3. The summed E-state index contributed by atoms with van der Waals surface area (Å²) in [6, 6.07) is 21.7. The van der Waals surface area contributed by atoms with E-state index in [-0.39, 0.29) is 41.5 Å². The van der Waals surface area contributed by atoms with Crippen LogP contribution in [0.5, 0.6) is 11.5 Å². The van der Waals surface area contributed by atoms with E-state index < -0.39 is 52.9 Å². The molecule has 3 aliphatic carbocycles. The lowest BCUT2D eigenvalue weighted by Gasteiger charge is -2.55. The number of hydrogen-bond acceptors (Lipinski definition) is 8. The molecule has 3 amide bonds. The Labute approximate surface area is 284 Å². The van der Waals surface area contributed by atoms with Crippen molar-refractivity contribution >= 4 is 57.6 Å². The monoisotopic (exact) mass is 743 g/mol. The van der Waals surface area contributed by atoms with Crippen LogP contribution in [0.4, 0.5) is 4.79 Å². The van der Waals surface area contributed by atoms with Gasteiger partial charge in [-0.1, -0.05) is 72.3 Å². The molecule has 1 aliphatic heterocycles. The molecule has 0 spiro atoms. The Morgan fingerprint density at radius 1 is 0.936 bits per heavy atom. The number of fused-ring (bicyclic) bond motifs is 4. The smallest absolute Gasteiger partial charge is 0.423 e. The van der Waals surface area contributed by atoms with Crippen molar-refractivity contribution in [2.24, 2.45) is 23.7 Å². The van der Waals surface area contributed by atoms with Crippen molar-refractivity contribution in [3.05, 3.63) is 111 Å². The van der Waals surface area contributed by atoms with E-state index >= 15 is 4.79 Å². The van der Waals surface area contributed by atoms with Gasteiger partial charge in [-0.25, -0.2) is 4.79 Å². The van der Waals surface area contributed by atoms with E-state index in [0.29, 0.717) is 25.2 Å². The third kappa shape index (κ3) is 4.44. The molecule has 10 heteroatoms. The molecule has 9 nitrogen and oxygen atoms in total. The fourth-order valence-corrected chi connectivity index (χ4v) is 9.06. The highest BCUT2D eigenvalue weighted by Gasteiger charge is 2.66. The number of allylic oxidation sites excluding steroid dienone is 4. The van der Waals surface area contributed by atoms with E-state index in [2.05, 4.69) is 0 Å². The molecule has 1 N–H and O–H groups in total. The Bertz CT molecular complexity index is 1920. The maximum atomic E-state index is 15.0. The van der Waals surface area contributed by atoms with Crippen LogP contribution in [0, 0.1) is 27.2 Å². The number of methoxy groups -OCH3 is 2. The Morgan fingerprint density at radius 3 is 2.28 bits per heavy atom. The number of carbonyl (C=O) groups excluding carboxylic acids is 5. The third-order valence-corrected chi connectivity index (χ3v) is 11.2. The lowest BCUT2D eigenvalue weighted by Crippen LogP contribution is -2.58. The fourth-order valence-electron chi connectivity index (χ4n) is 8.44. The molecule has 2 fully saturated rings. The minimum absolute atomic E-state index is 0.0604. The summed E-state index contributed by atoms with van der Waals surface area (Å²) in [4.78, 5) is 70.5. The number of Topliss-reactive ketones (excluding diaryl/α,β-unsaturated/α-hetero) is 1. The van der Waals surface area contributed by atoms with Gasteiger partial charge in [0.15, 0.2) is 23.1 Å². The van der Waals surface area contributed by atoms with Crippen LogP contribution in [0.25, 0.3) is 5.57 Å². The predicted octanol–water partition coefficient (Wildman–Crippen LogP) is 5.60. The van der Waals surface area contributed by atoms with Crippen molar-refractivity contribution in [2.75, 3.05) is 14.2 Å². The van der Waals surface area contributed by atoms with Crippen LogP contribution in [0.2, 0.25) is 0 Å². The zero-order valence-electron chi connectivity index (χ0n) is 25.5. The molecule has 0 aromatic heterocycles. The Kier molecular flexibility index (Phi) is 7.65. The molecule has 3 aromatic rings. The van der Waals surface area contributed by atoms with Gasteiger partial charge >= 0.3 is 6.09 Å². The topological polar surface area (TPSA) is 127 Å². The van der Waals surface area contributed by atoms with Crippen LogP contribution in [-0.4, -0.2) is 53.7 Å². The highest BCUT2D eigenvalue weighted by Crippen LogP contribution is 2.64. The van der Waals surface area contributed by atoms with Gasteiger partial charge in [-0.2, -0.15) is 4.90 Å². The molecule has 6 unspecified atom stereocenters. The third-order valence-electron chi connectivity index (χ3n) is 10.3. The number of amides is 3. The normalized spacial score (nSPS) is 28.1. The summed E-state index contributed by atoms with van der Waals surface area (Å²) in [6.07, 6.45) is 2.59. The van der Waals surface area contributed by atoms with Crippen molar-refractivity contribution < 1.29 is 38.6 Å². The average molecular weight is 744 g/mol. The molecule has 1 saturated carbocycles. The van der Waals surface area contributed by atoms with Gasteiger partial charge in [0.05, 0.1) is 35.0 Å². The summed E-state index contributed by atoms with van der Waals surface area (Å²) in [6.45, 7) is 0. The van der Waals surface area contributed by atoms with E-state index in [1.54, 1.807) is 36.4 Å². The van der Waals surface area contributed by atoms with Crippen LogP contribution in [0.15, 0.2) is 90.5 Å². The Morgan fingerprint density at radius 2 is 1.62 bits per heavy atom. The number of ketones is 2. The SMILES string of the molecule is COC(=O)N1C(=O)C2CC=C3C(CC4C(=O)C(c5ccccc5)=CC(=O)C4(c4ccccc4)C3c3cc(I)c(O)c(OC)c3)C2C1=O. The molecule has 1 heterocycles. The number of phenols is 1. The van der Waals surface area contributed by atoms with Crippen LogP contribution in [-0.2, 0) is 29.3 Å². The molecule has 0 bridgehead atoms. The van der Waals surface area contributed by atoms with E-state index in [0.717, 1.165) is 12.7 Å². The molecular weight excluding hydrogens is 713 g/mol. The van der Waals surface area contributed by atoms with Gasteiger partial charge in [0.2, 0.25) is 11.8 Å². The Balaban J connectivity index is 1.52. The molecule has 238 valence electrons. The molecular formula is C37H30INO8. The second-order valence-electron chi connectivity index (χ2n) is 12.3. The molecule has 47 heavy (non-hydrogen) atoms. The number of likely N-dealkylation sites (tertiary alicyclic amines) is 1. The van der Waals surface area contributed by atoms with E-state index in [1.807, 2.05) is 65.1 Å². The van der Waals surface area contributed by atoms with Crippen molar-refractivity contribution in [1.82, 2.24) is 4.90 Å². The summed E-state index contributed by atoms with van der Waals surface area (Å²) in [5.74, 6) is -5.76. The maximum absolute atomic E-state index is 15.0. The largest absolute Gasteiger partial charge is 0.504 e. The second kappa shape index (κ2) is 11.6. The number of halogens is 1. The zero-order valence-corrected chi connectivity index (χ0v) is 27.7. The molecule has 4 aliphatic rings. The van der Waals surface area contributed by atoms with E-state index in [9.17, 15) is 24.3 Å². The van der Waals surface area contributed by atoms with Gasteiger partial charge in [-0.15, -0.1) is 0 Å². The van der Waals surface area contributed by atoms with E-state index in [1.165, 1.54) is 13.2 Å². The Hall–Kier alpha value is -4.58. The van der Waals surface area contributed by atoms with Gasteiger partial charge in [0, 0.05) is 17.4 Å². The molecule has 7 rings (SSSR count). The number of imide groups is 3. The maximum Gasteiger partial charge on any atom is 0.423 e. The number of phenolic OH excluding ortho intramolecular Hbond substituents is 1. The molecule has 0 radical (unpaired) electrons. The van der Waals surface area contributed by atoms with Gasteiger partial charge in [0.25, 0.3) is 0 Å². The standard InChI is InChI=1S/C37H30INO8/c1-46-28-16-20(15-27(38)33(28)42)31-22-13-14-23-30(35(44)39(34(23)43)36(45)47-2)25(22)17-26-32(41)24(19-9-5-3-6-10-19)18-29(40)37(26,31)21-11-7-4-8-12-21/h3-13,15-16,18,23,25-26,30-31,42H,14,17H2,1-2H3. The quantitative estimate of drug-likeness (QED) is 0.208. The number of rotatable bonds is 4. The predicted molar refractivity (Wildman–Crippen MR) is 178 cm³/mol. The van der Waals surface area contributed by atoms with Crippen LogP contribution >= 0.6 is 22.6 Å². The number of carbonyl (C=O) groups is 5.